The van der Waals surface area contributed by atoms with Crippen LogP contribution in [0.1, 0.15) is 11.1 Å². The molecule has 2 amide bonds. The Morgan fingerprint density at radius 1 is 0.541 bits per heavy atom. The minimum Gasteiger partial charge on any atom is -0.457 e. The molecule has 0 fully saturated rings. The van der Waals surface area contributed by atoms with Crippen molar-refractivity contribution in [1.82, 2.24) is 0 Å². The molecule has 2 N–H and O–H groups in total. The lowest BCUT2D eigenvalue weighted by atomic mass is 10.2. The van der Waals surface area contributed by atoms with Gasteiger partial charge < -0.3 is 15.4 Å². The largest absolute Gasteiger partial charge is 0.457 e. The average molecular weight is 529 g/mol. The first kappa shape index (κ1) is 25.8. The lowest BCUT2D eigenvalue weighted by Gasteiger charge is -2.09. The van der Waals surface area contributed by atoms with E-state index in [-0.39, 0.29) is 10.1 Å². The summed E-state index contributed by atoms with van der Waals surface area (Å²) in [5, 5.41) is 5.66. The summed E-state index contributed by atoms with van der Waals surface area (Å²) >= 11 is 12.3. The van der Waals surface area contributed by atoms with Crippen LogP contribution in [-0.2, 0) is 9.59 Å². The van der Waals surface area contributed by atoms with Crippen molar-refractivity contribution in [3.8, 4) is 11.5 Å². The molecule has 0 aliphatic heterocycles. The van der Waals surface area contributed by atoms with Gasteiger partial charge in [-0.05, 0) is 71.8 Å². The van der Waals surface area contributed by atoms with E-state index in [0.717, 1.165) is 11.1 Å². The number of nitrogens with one attached hydrogen (secondary N) is 2. The first-order chi connectivity index (χ1) is 18.0. The zero-order chi connectivity index (χ0) is 26.0. The average Bonchev–Trinajstić information content (AvgIpc) is 2.92. The fraction of sp³-hybridized carbons (Fsp3) is 0. The standard InChI is InChI=1S/C30H22Cl2N2O3/c31-27(19-21-7-3-1-4-8-21)29(35)33-23-11-15-25(16-12-23)37-26-17-13-24(14-18-26)34-30(36)28(32)20-22-9-5-2-6-10-22/h1-20H,(H,33,35)(H,34,36). The van der Waals surface area contributed by atoms with Crippen molar-refractivity contribution in [1.29, 1.82) is 0 Å². The first-order valence-corrected chi connectivity index (χ1v) is 12.1. The summed E-state index contributed by atoms with van der Waals surface area (Å²) in [5.74, 6) is 0.343. The van der Waals surface area contributed by atoms with Gasteiger partial charge >= 0.3 is 0 Å². The van der Waals surface area contributed by atoms with E-state index in [0.29, 0.717) is 22.9 Å². The smallest absolute Gasteiger partial charge is 0.267 e. The Kier molecular flexibility index (Phi) is 8.76. The number of anilines is 2. The Balaban J connectivity index is 1.31. The first-order valence-electron chi connectivity index (χ1n) is 11.3. The number of carbonyl (C=O) groups excluding carboxylic acids is 2. The number of halogens is 2. The zero-order valence-electron chi connectivity index (χ0n) is 19.5. The van der Waals surface area contributed by atoms with Crippen LogP contribution >= 0.6 is 23.2 Å². The highest BCUT2D eigenvalue weighted by molar-refractivity contribution is 6.46. The third-order valence-corrected chi connectivity index (χ3v) is 5.64. The maximum Gasteiger partial charge on any atom is 0.267 e. The maximum absolute atomic E-state index is 12.4. The molecule has 0 radical (unpaired) electrons. The summed E-state index contributed by atoms with van der Waals surface area (Å²) in [5.41, 5.74) is 2.83. The molecule has 0 heterocycles. The molecule has 7 heteroatoms. The molecule has 4 rings (SSSR count). The quantitative estimate of drug-likeness (QED) is 0.228. The second kappa shape index (κ2) is 12.6. The molecule has 0 spiro atoms. The van der Waals surface area contributed by atoms with Crippen LogP contribution < -0.4 is 15.4 Å². The minimum absolute atomic E-state index is 0.0792. The summed E-state index contributed by atoms with van der Waals surface area (Å²) in [6.07, 6.45) is 3.21. The molecule has 0 saturated carbocycles. The molecule has 4 aromatic carbocycles. The van der Waals surface area contributed by atoms with Crippen LogP contribution in [0.2, 0.25) is 0 Å². The number of benzene rings is 4. The van der Waals surface area contributed by atoms with E-state index in [1.165, 1.54) is 0 Å². The van der Waals surface area contributed by atoms with E-state index in [9.17, 15) is 9.59 Å². The van der Waals surface area contributed by atoms with Gasteiger partial charge in [0, 0.05) is 11.4 Å². The molecule has 0 aromatic heterocycles. The maximum atomic E-state index is 12.4. The predicted molar refractivity (Wildman–Crippen MR) is 151 cm³/mol. The van der Waals surface area contributed by atoms with Crippen LogP contribution in [-0.4, -0.2) is 11.8 Å². The van der Waals surface area contributed by atoms with Gasteiger partial charge in [0.25, 0.3) is 11.8 Å². The van der Waals surface area contributed by atoms with Crippen molar-refractivity contribution in [2.24, 2.45) is 0 Å². The number of amides is 2. The number of hydrogen-bond donors (Lipinski definition) is 2. The number of hydrogen-bond acceptors (Lipinski definition) is 3. The van der Waals surface area contributed by atoms with Gasteiger partial charge in [-0.1, -0.05) is 83.9 Å². The Hall–Kier alpha value is -4.32. The summed E-state index contributed by atoms with van der Waals surface area (Å²) in [4.78, 5) is 24.7. The van der Waals surface area contributed by atoms with Crippen molar-refractivity contribution >= 4 is 58.5 Å². The molecule has 0 saturated heterocycles. The Morgan fingerprint density at radius 3 is 1.24 bits per heavy atom. The lowest BCUT2D eigenvalue weighted by molar-refractivity contribution is -0.113. The molecule has 184 valence electrons. The molecular formula is C30H22Cl2N2O3. The minimum atomic E-state index is -0.407. The fourth-order valence-electron chi connectivity index (χ4n) is 3.25. The molecule has 37 heavy (non-hydrogen) atoms. The van der Waals surface area contributed by atoms with Crippen molar-refractivity contribution in [2.75, 3.05) is 10.6 Å². The lowest BCUT2D eigenvalue weighted by Crippen LogP contribution is -2.11. The molecule has 4 aromatic rings. The highest BCUT2D eigenvalue weighted by atomic mass is 35.5. The van der Waals surface area contributed by atoms with Gasteiger partial charge in [0.15, 0.2) is 0 Å². The molecule has 5 nitrogen and oxygen atoms in total. The van der Waals surface area contributed by atoms with E-state index >= 15 is 0 Å². The van der Waals surface area contributed by atoms with Gasteiger partial charge in [-0.25, -0.2) is 0 Å². The summed E-state index contributed by atoms with van der Waals surface area (Å²) in [6.45, 7) is 0. The summed E-state index contributed by atoms with van der Waals surface area (Å²) in [7, 11) is 0. The topological polar surface area (TPSA) is 67.4 Å². The van der Waals surface area contributed by atoms with Gasteiger partial charge in [-0.15, -0.1) is 0 Å². The van der Waals surface area contributed by atoms with Crippen LogP contribution in [0.4, 0.5) is 11.4 Å². The number of carbonyl (C=O) groups is 2. The molecule has 0 unspecified atom stereocenters. The van der Waals surface area contributed by atoms with Gasteiger partial charge in [0.1, 0.15) is 21.6 Å². The second-order valence-corrected chi connectivity index (χ2v) is 8.68. The SMILES string of the molecule is O=C(Nc1ccc(Oc2ccc(NC(=O)C(Cl)=Cc3ccccc3)cc2)cc1)C(Cl)=Cc1ccccc1. The van der Waals surface area contributed by atoms with Crippen LogP contribution in [0, 0.1) is 0 Å². The van der Waals surface area contributed by atoms with E-state index in [2.05, 4.69) is 10.6 Å². The van der Waals surface area contributed by atoms with Gasteiger partial charge in [0.05, 0.1) is 0 Å². The van der Waals surface area contributed by atoms with Crippen LogP contribution in [0.15, 0.2) is 119 Å². The van der Waals surface area contributed by atoms with Crippen molar-refractivity contribution in [2.45, 2.75) is 0 Å². The predicted octanol–water partition coefficient (Wildman–Crippen LogP) is 7.92. The number of ether oxygens (including phenoxy) is 1. The summed E-state index contributed by atoms with van der Waals surface area (Å²) in [6, 6.07) is 32.5. The van der Waals surface area contributed by atoms with Crippen LogP contribution in [0.5, 0.6) is 11.5 Å². The molecule has 0 bridgehead atoms. The van der Waals surface area contributed by atoms with E-state index < -0.39 is 11.8 Å². The molecule has 0 aliphatic carbocycles. The number of rotatable bonds is 8. The van der Waals surface area contributed by atoms with Crippen molar-refractivity contribution in [3.05, 3.63) is 130 Å². The summed E-state index contributed by atoms with van der Waals surface area (Å²) < 4.78 is 5.85. The highest BCUT2D eigenvalue weighted by Gasteiger charge is 2.09. The Morgan fingerprint density at radius 2 is 0.892 bits per heavy atom. The Bertz CT molecular complexity index is 1310. The zero-order valence-corrected chi connectivity index (χ0v) is 21.0. The van der Waals surface area contributed by atoms with Crippen molar-refractivity contribution < 1.29 is 14.3 Å². The van der Waals surface area contributed by atoms with Gasteiger partial charge in [-0.2, -0.15) is 0 Å². The van der Waals surface area contributed by atoms with E-state index in [1.807, 2.05) is 60.7 Å². The monoisotopic (exact) mass is 528 g/mol. The van der Waals surface area contributed by atoms with E-state index in [4.69, 9.17) is 27.9 Å². The van der Waals surface area contributed by atoms with Crippen molar-refractivity contribution in [3.63, 3.8) is 0 Å². The van der Waals surface area contributed by atoms with Crippen LogP contribution in [0.25, 0.3) is 12.2 Å². The Labute approximate surface area is 225 Å². The third kappa shape index (κ3) is 7.84. The van der Waals surface area contributed by atoms with E-state index in [1.54, 1.807) is 60.7 Å². The van der Waals surface area contributed by atoms with Crippen LogP contribution in [0.3, 0.4) is 0 Å². The highest BCUT2D eigenvalue weighted by Crippen LogP contribution is 2.25. The molecule has 0 aliphatic rings. The van der Waals surface area contributed by atoms with Gasteiger partial charge in [-0.3, -0.25) is 9.59 Å². The molecular weight excluding hydrogens is 507 g/mol. The van der Waals surface area contributed by atoms with Gasteiger partial charge in [0.2, 0.25) is 0 Å². The normalized spacial score (nSPS) is 11.5. The molecule has 0 atom stereocenters. The second-order valence-electron chi connectivity index (χ2n) is 7.86. The third-order valence-electron chi connectivity index (χ3n) is 5.08. The fourth-order valence-corrected chi connectivity index (χ4v) is 3.60.